The van der Waals surface area contributed by atoms with Crippen LogP contribution in [0, 0.1) is 5.92 Å². The topological polar surface area (TPSA) is 58.4 Å². The van der Waals surface area contributed by atoms with Crippen LogP contribution in [0.3, 0.4) is 0 Å². The predicted octanol–water partition coefficient (Wildman–Crippen LogP) is 1.26. The van der Waals surface area contributed by atoms with Crippen LogP contribution in [-0.4, -0.2) is 41.5 Å². The fourth-order valence-corrected chi connectivity index (χ4v) is 3.17. The molecule has 2 aliphatic rings. The van der Waals surface area contributed by atoms with Crippen molar-refractivity contribution in [3.8, 4) is 0 Å². The number of nitrogens with one attached hydrogen (secondary N) is 1. The smallest absolute Gasteiger partial charge is 0.287 e. The van der Waals surface area contributed by atoms with Gasteiger partial charge in [0.25, 0.3) is 5.91 Å². The highest BCUT2D eigenvalue weighted by Crippen LogP contribution is 2.28. The monoisotopic (exact) mass is 257 g/mol. The first-order valence-electron chi connectivity index (χ1n) is 6.67. The zero-order valence-electron chi connectivity index (χ0n) is 10.5. The molecule has 19 heavy (non-hydrogen) atoms. The van der Waals surface area contributed by atoms with Gasteiger partial charge >= 0.3 is 0 Å². The maximum Gasteiger partial charge on any atom is 0.287 e. The van der Waals surface area contributed by atoms with Gasteiger partial charge in [-0.2, -0.15) is 0 Å². The molecule has 4 rings (SSSR count). The molecule has 2 aromatic rings. The van der Waals surface area contributed by atoms with Crippen molar-refractivity contribution in [1.82, 2.24) is 15.2 Å². The minimum Gasteiger partial charge on any atom is -0.433 e. The Morgan fingerprint density at radius 1 is 1.47 bits per heavy atom. The number of hydrogen-bond acceptors (Lipinski definition) is 4. The van der Waals surface area contributed by atoms with Gasteiger partial charge in [0.15, 0.2) is 5.76 Å². The van der Waals surface area contributed by atoms with Gasteiger partial charge in [-0.15, -0.1) is 0 Å². The van der Waals surface area contributed by atoms with E-state index in [0.29, 0.717) is 17.4 Å². The maximum absolute atomic E-state index is 12.2. The lowest BCUT2D eigenvalue weighted by molar-refractivity contribution is 0.0898. The second-order valence-electron chi connectivity index (χ2n) is 5.40. The molecule has 0 radical (unpaired) electrons. The van der Waals surface area contributed by atoms with Crippen molar-refractivity contribution in [3.63, 3.8) is 0 Å². The summed E-state index contributed by atoms with van der Waals surface area (Å²) in [5.41, 5.74) is 0.518. The van der Waals surface area contributed by atoms with Crippen LogP contribution in [-0.2, 0) is 0 Å². The molecular weight excluding hydrogens is 242 g/mol. The predicted molar refractivity (Wildman–Crippen MR) is 69.8 cm³/mol. The number of pyridine rings is 1. The number of carbonyl (C=O) groups excluding carboxylic acids is 1. The Balaban J connectivity index is 1.53. The molecule has 0 spiro atoms. The van der Waals surface area contributed by atoms with Gasteiger partial charge in [-0.3, -0.25) is 4.79 Å². The van der Waals surface area contributed by atoms with E-state index in [1.54, 1.807) is 12.3 Å². The third-order valence-corrected chi connectivity index (χ3v) is 4.17. The molecule has 3 unspecified atom stereocenters. The fourth-order valence-electron chi connectivity index (χ4n) is 3.17. The molecular formula is C14H15N3O2. The average Bonchev–Trinajstić information content (AvgIpc) is 3.12. The molecule has 5 heteroatoms. The number of piperidine rings is 1. The summed E-state index contributed by atoms with van der Waals surface area (Å²) >= 11 is 0. The molecule has 2 fully saturated rings. The summed E-state index contributed by atoms with van der Waals surface area (Å²) in [5, 5.41) is 3.95. The van der Waals surface area contributed by atoms with Crippen LogP contribution < -0.4 is 5.32 Å². The first-order valence-corrected chi connectivity index (χ1v) is 6.67. The summed E-state index contributed by atoms with van der Waals surface area (Å²) in [4.78, 5) is 18.7. The number of furan rings is 1. The SMILES string of the molecule is O=C(NC1CN2CCC1C2)c1cc2cccnc2o1. The van der Waals surface area contributed by atoms with Crippen LogP contribution in [0.2, 0.25) is 0 Å². The van der Waals surface area contributed by atoms with Crippen LogP contribution in [0.1, 0.15) is 17.0 Å². The van der Waals surface area contributed by atoms with Crippen LogP contribution in [0.4, 0.5) is 0 Å². The number of carbonyl (C=O) groups is 1. The number of aromatic nitrogens is 1. The highest BCUT2D eigenvalue weighted by molar-refractivity contribution is 5.95. The molecule has 2 saturated heterocycles. The molecule has 98 valence electrons. The van der Waals surface area contributed by atoms with Crippen molar-refractivity contribution < 1.29 is 9.21 Å². The van der Waals surface area contributed by atoms with Gasteiger partial charge in [0.05, 0.1) is 0 Å². The van der Waals surface area contributed by atoms with E-state index in [2.05, 4.69) is 15.2 Å². The molecule has 2 aliphatic heterocycles. The zero-order chi connectivity index (χ0) is 12.8. The third-order valence-electron chi connectivity index (χ3n) is 4.17. The highest BCUT2D eigenvalue weighted by Gasteiger charge is 2.38. The van der Waals surface area contributed by atoms with Gasteiger partial charge in [0, 0.05) is 30.7 Å². The number of nitrogens with zero attached hydrogens (tertiary/aromatic N) is 2. The number of hydrogen-bond donors (Lipinski definition) is 1. The maximum atomic E-state index is 12.2. The van der Waals surface area contributed by atoms with Crippen molar-refractivity contribution in [1.29, 1.82) is 0 Å². The van der Waals surface area contributed by atoms with Crippen LogP contribution >= 0.6 is 0 Å². The number of amides is 1. The summed E-state index contributed by atoms with van der Waals surface area (Å²) in [6.45, 7) is 3.26. The van der Waals surface area contributed by atoms with E-state index in [0.717, 1.165) is 18.5 Å². The summed E-state index contributed by atoms with van der Waals surface area (Å²) in [6.07, 6.45) is 2.85. The fraction of sp³-hybridized carbons (Fsp3) is 0.429. The lowest BCUT2D eigenvalue weighted by Crippen LogP contribution is -2.43. The van der Waals surface area contributed by atoms with E-state index in [1.807, 2.05) is 12.1 Å². The molecule has 0 aliphatic carbocycles. The molecule has 4 heterocycles. The van der Waals surface area contributed by atoms with Gasteiger partial charge in [0.1, 0.15) is 0 Å². The van der Waals surface area contributed by atoms with Gasteiger partial charge < -0.3 is 14.6 Å². The molecule has 2 bridgehead atoms. The second kappa shape index (κ2) is 4.06. The molecule has 0 saturated carbocycles. The minimum atomic E-state index is -0.128. The van der Waals surface area contributed by atoms with Crippen molar-refractivity contribution in [2.24, 2.45) is 5.92 Å². The lowest BCUT2D eigenvalue weighted by Gasteiger charge is -2.22. The Labute approximate surface area is 110 Å². The van der Waals surface area contributed by atoms with E-state index in [9.17, 15) is 4.79 Å². The molecule has 2 aromatic heterocycles. The summed E-state index contributed by atoms with van der Waals surface area (Å²) in [7, 11) is 0. The normalized spacial score (nSPS) is 28.9. The third kappa shape index (κ3) is 1.81. The van der Waals surface area contributed by atoms with Crippen LogP contribution in [0.5, 0.6) is 0 Å². The quantitative estimate of drug-likeness (QED) is 0.880. The lowest BCUT2D eigenvalue weighted by atomic mass is 10.00. The molecule has 1 amide bonds. The van der Waals surface area contributed by atoms with E-state index in [-0.39, 0.29) is 11.9 Å². The highest BCUT2D eigenvalue weighted by atomic mass is 16.4. The molecule has 1 N–H and O–H groups in total. The standard InChI is InChI=1S/C14H15N3O2/c18-13(16-11-8-17-5-3-10(11)7-17)12-6-9-2-1-4-15-14(9)19-12/h1-2,4,6,10-11H,3,5,7-8H2,(H,16,18). The van der Waals surface area contributed by atoms with Gasteiger partial charge in [-0.05, 0) is 37.1 Å². The van der Waals surface area contributed by atoms with Gasteiger partial charge in [-0.25, -0.2) is 4.98 Å². The molecule has 0 aromatic carbocycles. The van der Waals surface area contributed by atoms with E-state index < -0.39 is 0 Å². The van der Waals surface area contributed by atoms with E-state index >= 15 is 0 Å². The Morgan fingerprint density at radius 2 is 2.42 bits per heavy atom. The zero-order valence-corrected chi connectivity index (χ0v) is 10.5. The second-order valence-corrected chi connectivity index (χ2v) is 5.40. The first kappa shape index (κ1) is 11.0. The summed E-state index contributed by atoms with van der Waals surface area (Å²) < 4.78 is 5.48. The van der Waals surface area contributed by atoms with Gasteiger partial charge in [0.2, 0.25) is 5.71 Å². The average molecular weight is 257 g/mol. The van der Waals surface area contributed by atoms with Gasteiger partial charge in [-0.1, -0.05) is 0 Å². The summed E-state index contributed by atoms with van der Waals surface area (Å²) in [5.74, 6) is 0.828. The van der Waals surface area contributed by atoms with Crippen molar-refractivity contribution in [3.05, 3.63) is 30.2 Å². The Kier molecular flexibility index (Phi) is 2.35. The van der Waals surface area contributed by atoms with Crippen LogP contribution in [0.15, 0.2) is 28.8 Å². The first-order chi connectivity index (χ1) is 9.29. The molecule has 3 atom stereocenters. The minimum absolute atomic E-state index is 0.128. The Morgan fingerprint density at radius 3 is 3.16 bits per heavy atom. The van der Waals surface area contributed by atoms with Crippen molar-refractivity contribution in [2.45, 2.75) is 12.5 Å². The number of rotatable bonds is 2. The largest absolute Gasteiger partial charge is 0.433 e. The van der Waals surface area contributed by atoms with E-state index in [4.69, 9.17) is 4.42 Å². The summed E-state index contributed by atoms with van der Waals surface area (Å²) in [6, 6.07) is 5.75. The Hall–Kier alpha value is -1.88. The Bertz CT molecular complexity index is 603. The van der Waals surface area contributed by atoms with E-state index in [1.165, 1.54) is 13.0 Å². The van der Waals surface area contributed by atoms with Crippen LogP contribution in [0.25, 0.3) is 11.1 Å². The van der Waals surface area contributed by atoms with Crippen molar-refractivity contribution >= 4 is 17.0 Å². The van der Waals surface area contributed by atoms with Crippen molar-refractivity contribution in [2.75, 3.05) is 19.6 Å². The number of fused-ring (bicyclic) bond motifs is 3. The molecule has 5 nitrogen and oxygen atoms in total.